The first kappa shape index (κ1) is 21.1. The first-order valence-electron chi connectivity index (χ1n) is 9.62. The Bertz CT molecular complexity index is 1290. The Morgan fingerprint density at radius 2 is 1.66 bits per heavy atom. The lowest BCUT2D eigenvalue weighted by Gasteiger charge is -2.13. The smallest absolute Gasteiger partial charge is 0.232 e. The minimum absolute atomic E-state index is 0.114. The maximum atomic E-state index is 13.8. The monoisotopic (exact) mass is 438 g/mol. The van der Waals surface area contributed by atoms with E-state index in [0.717, 1.165) is 5.56 Å². The topological polar surface area (TPSA) is 105 Å². The Hall–Kier alpha value is -4.14. The lowest BCUT2D eigenvalue weighted by atomic mass is 10.0. The van der Waals surface area contributed by atoms with E-state index < -0.39 is 0 Å². The zero-order valence-electron chi connectivity index (χ0n) is 18.3. The number of phenolic OH excluding ortho intramolecular Hbond substituents is 1. The Balaban J connectivity index is 1.99. The summed E-state index contributed by atoms with van der Waals surface area (Å²) in [6, 6.07) is 6.34. The second-order valence-corrected chi connectivity index (χ2v) is 6.98. The van der Waals surface area contributed by atoms with Crippen LogP contribution in [-0.4, -0.2) is 49.1 Å². The molecule has 9 nitrogen and oxygen atoms in total. The van der Waals surface area contributed by atoms with Crippen LogP contribution in [0.15, 0.2) is 41.1 Å². The molecule has 2 heterocycles. The standard InChI is InChI=1S/C23H22N2O7/c1-12-10-24-25(11-12)23-18(14-6-7-15(28-2)20(27)21(14)32-23)19(26)13-8-16(29-3)22(31-5)17(9-13)30-4/h6-11,27H,1-5H3. The summed E-state index contributed by atoms with van der Waals surface area (Å²) in [5, 5.41) is 15.3. The third kappa shape index (κ3) is 3.27. The highest BCUT2D eigenvalue weighted by atomic mass is 16.5. The number of rotatable bonds is 7. The zero-order valence-corrected chi connectivity index (χ0v) is 18.3. The summed E-state index contributed by atoms with van der Waals surface area (Å²) >= 11 is 0. The molecule has 0 bridgehead atoms. The number of methoxy groups -OCH3 is 4. The van der Waals surface area contributed by atoms with Crippen LogP contribution in [0.2, 0.25) is 0 Å². The number of phenols is 1. The van der Waals surface area contributed by atoms with E-state index in [9.17, 15) is 9.90 Å². The number of carbonyl (C=O) groups excluding carboxylic acids is 1. The average molecular weight is 438 g/mol. The maximum absolute atomic E-state index is 13.8. The van der Waals surface area contributed by atoms with Gasteiger partial charge in [0, 0.05) is 17.1 Å². The molecule has 4 aromatic rings. The third-order valence-electron chi connectivity index (χ3n) is 5.07. The number of fused-ring (bicyclic) bond motifs is 1. The SMILES string of the molecule is COc1cc(C(=O)c2c(-n3cc(C)cn3)oc3c(O)c(OC)ccc23)cc(OC)c1OC. The number of nitrogens with zero attached hydrogens (tertiary/aromatic N) is 2. The number of aryl methyl sites for hydroxylation is 1. The minimum atomic E-state index is -0.379. The number of furan rings is 1. The van der Waals surface area contributed by atoms with Gasteiger partial charge in [0.1, 0.15) is 0 Å². The fourth-order valence-electron chi connectivity index (χ4n) is 3.54. The van der Waals surface area contributed by atoms with Crippen molar-refractivity contribution in [1.29, 1.82) is 0 Å². The molecule has 0 saturated carbocycles. The highest BCUT2D eigenvalue weighted by Crippen LogP contribution is 2.43. The number of aromatic nitrogens is 2. The number of aromatic hydroxyl groups is 1. The van der Waals surface area contributed by atoms with E-state index in [-0.39, 0.29) is 39.9 Å². The number of carbonyl (C=O) groups is 1. The van der Waals surface area contributed by atoms with Crippen LogP contribution < -0.4 is 18.9 Å². The number of ether oxygens (including phenoxy) is 4. The molecular formula is C23H22N2O7. The quantitative estimate of drug-likeness (QED) is 0.433. The van der Waals surface area contributed by atoms with E-state index in [1.165, 1.54) is 33.1 Å². The van der Waals surface area contributed by atoms with Crippen LogP contribution in [0.3, 0.4) is 0 Å². The fourth-order valence-corrected chi connectivity index (χ4v) is 3.54. The molecule has 0 amide bonds. The molecule has 1 N–H and O–H groups in total. The summed E-state index contributed by atoms with van der Waals surface area (Å²) in [5.74, 6) is 0.841. The fraction of sp³-hybridized carbons (Fsp3) is 0.217. The second kappa shape index (κ2) is 8.18. The molecule has 2 aromatic heterocycles. The van der Waals surface area contributed by atoms with E-state index in [2.05, 4.69) is 5.10 Å². The first-order valence-corrected chi connectivity index (χ1v) is 9.62. The Morgan fingerprint density at radius 1 is 1.00 bits per heavy atom. The summed E-state index contributed by atoms with van der Waals surface area (Å²) in [7, 11) is 5.87. The number of hydrogen-bond donors (Lipinski definition) is 1. The summed E-state index contributed by atoms with van der Waals surface area (Å²) in [6.45, 7) is 1.87. The molecule has 0 saturated heterocycles. The largest absolute Gasteiger partial charge is 0.502 e. The van der Waals surface area contributed by atoms with Crippen LogP contribution in [0.4, 0.5) is 0 Å². The van der Waals surface area contributed by atoms with Gasteiger partial charge in [-0.05, 0) is 36.8 Å². The minimum Gasteiger partial charge on any atom is -0.502 e. The van der Waals surface area contributed by atoms with Crippen molar-refractivity contribution in [3.63, 3.8) is 0 Å². The summed E-state index contributed by atoms with van der Waals surface area (Å²) in [6.07, 6.45) is 3.36. The first-order chi connectivity index (χ1) is 15.4. The Labute approximate surface area is 183 Å². The molecule has 4 rings (SSSR count). The third-order valence-corrected chi connectivity index (χ3v) is 5.07. The van der Waals surface area contributed by atoms with Crippen LogP contribution in [0.25, 0.3) is 16.9 Å². The predicted octanol–water partition coefficient (Wildman–Crippen LogP) is 3.90. The molecule has 0 radical (unpaired) electrons. The van der Waals surface area contributed by atoms with Gasteiger partial charge < -0.3 is 28.5 Å². The van der Waals surface area contributed by atoms with Crippen molar-refractivity contribution in [3.8, 4) is 34.6 Å². The predicted molar refractivity (Wildman–Crippen MR) is 116 cm³/mol. The van der Waals surface area contributed by atoms with E-state index in [1.807, 2.05) is 6.92 Å². The normalized spacial score (nSPS) is 10.9. The summed E-state index contributed by atoms with van der Waals surface area (Å²) in [5.41, 5.74) is 1.49. The summed E-state index contributed by atoms with van der Waals surface area (Å²) in [4.78, 5) is 13.8. The van der Waals surface area contributed by atoms with Gasteiger partial charge in [-0.3, -0.25) is 4.79 Å². The van der Waals surface area contributed by atoms with Crippen molar-refractivity contribution < 1.29 is 33.3 Å². The van der Waals surface area contributed by atoms with Gasteiger partial charge in [-0.25, -0.2) is 4.68 Å². The van der Waals surface area contributed by atoms with Crippen molar-refractivity contribution >= 4 is 16.8 Å². The van der Waals surface area contributed by atoms with Crippen LogP contribution in [0.1, 0.15) is 21.5 Å². The molecular weight excluding hydrogens is 416 g/mol. The average Bonchev–Trinajstić information content (AvgIpc) is 3.41. The van der Waals surface area contributed by atoms with Gasteiger partial charge in [-0.2, -0.15) is 5.10 Å². The molecule has 2 aromatic carbocycles. The van der Waals surface area contributed by atoms with Gasteiger partial charge in [-0.1, -0.05) is 0 Å². The van der Waals surface area contributed by atoms with E-state index >= 15 is 0 Å². The Morgan fingerprint density at radius 3 is 2.19 bits per heavy atom. The molecule has 0 aliphatic heterocycles. The lowest BCUT2D eigenvalue weighted by molar-refractivity contribution is 0.103. The molecule has 0 unspecified atom stereocenters. The number of benzene rings is 2. The molecule has 0 atom stereocenters. The molecule has 0 fully saturated rings. The zero-order chi connectivity index (χ0) is 23.0. The van der Waals surface area contributed by atoms with Crippen molar-refractivity contribution in [3.05, 3.63) is 53.3 Å². The second-order valence-electron chi connectivity index (χ2n) is 6.98. The van der Waals surface area contributed by atoms with Crippen LogP contribution >= 0.6 is 0 Å². The van der Waals surface area contributed by atoms with Crippen molar-refractivity contribution in [2.45, 2.75) is 6.92 Å². The van der Waals surface area contributed by atoms with E-state index in [4.69, 9.17) is 23.4 Å². The highest BCUT2D eigenvalue weighted by molar-refractivity contribution is 6.19. The molecule has 9 heteroatoms. The molecule has 0 aliphatic rings. The Kier molecular flexibility index (Phi) is 5.40. The van der Waals surface area contributed by atoms with Crippen molar-refractivity contribution in [2.24, 2.45) is 0 Å². The van der Waals surface area contributed by atoms with Crippen molar-refractivity contribution in [2.75, 3.05) is 28.4 Å². The van der Waals surface area contributed by atoms with Gasteiger partial charge >= 0.3 is 0 Å². The van der Waals surface area contributed by atoms with Gasteiger partial charge in [0.2, 0.25) is 17.4 Å². The number of ketones is 1. The molecule has 166 valence electrons. The van der Waals surface area contributed by atoms with Gasteiger partial charge in [0.15, 0.2) is 28.6 Å². The maximum Gasteiger partial charge on any atom is 0.232 e. The van der Waals surface area contributed by atoms with Crippen molar-refractivity contribution in [1.82, 2.24) is 9.78 Å². The van der Waals surface area contributed by atoms with Crippen LogP contribution in [0.5, 0.6) is 28.7 Å². The highest BCUT2D eigenvalue weighted by Gasteiger charge is 2.28. The van der Waals surface area contributed by atoms with Gasteiger partial charge in [-0.15, -0.1) is 0 Å². The van der Waals surface area contributed by atoms with Crippen LogP contribution in [0, 0.1) is 6.92 Å². The van der Waals surface area contributed by atoms with Gasteiger partial charge in [0.25, 0.3) is 0 Å². The number of hydrogen-bond acceptors (Lipinski definition) is 8. The molecule has 0 spiro atoms. The lowest BCUT2D eigenvalue weighted by Crippen LogP contribution is -2.07. The van der Waals surface area contributed by atoms with E-state index in [0.29, 0.717) is 22.6 Å². The molecule has 32 heavy (non-hydrogen) atoms. The van der Waals surface area contributed by atoms with Gasteiger partial charge in [0.05, 0.1) is 40.2 Å². The molecule has 0 aliphatic carbocycles. The van der Waals surface area contributed by atoms with Crippen LogP contribution in [-0.2, 0) is 0 Å². The van der Waals surface area contributed by atoms with E-state index in [1.54, 1.807) is 36.7 Å². The summed E-state index contributed by atoms with van der Waals surface area (Å²) < 4.78 is 28.7.